The number of allylic oxidation sites excluding steroid dienone is 2. The summed E-state index contributed by atoms with van der Waals surface area (Å²) in [6.07, 6.45) is 10.2. The lowest BCUT2D eigenvalue weighted by Crippen LogP contribution is -2.58. The number of nitrogens with one attached hydrogen (secondary N) is 1. The highest BCUT2D eigenvalue weighted by Gasteiger charge is 2.45. The molecule has 0 bridgehead atoms. The first-order valence-electron chi connectivity index (χ1n) is 16.0. The van der Waals surface area contributed by atoms with Gasteiger partial charge in [0, 0.05) is 31.6 Å². The summed E-state index contributed by atoms with van der Waals surface area (Å²) in [5.74, 6) is -1.09. The maximum absolute atomic E-state index is 14.9. The fraction of sp³-hybridized carbons (Fsp3) is 0.806. The first kappa shape index (κ1) is 34.7. The van der Waals surface area contributed by atoms with Crippen LogP contribution >= 0.6 is 0 Å². The summed E-state index contributed by atoms with van der Waals surface area (Å²) in [6, 6.07) is -0.387. The molecule has 1 amide bonds. The van der Waals surface area contributed by atoms with Gasteiger partial charge in [0.05, 0.1) is 43.5 Å². The zero-order valence-corrected chi connectivity index (χ0v) is 27.5. The molecule has 1 fully saturated rings. The number of carbonyl (C=O) groups excluding carboxylic acids is 1. The predicted molar refractivity (Wildman–Crippen MR) is 168 cm³/mol. The Morgan fingerprint density at radius 1 is 1.24 bits per heavy atom. The van der Waals surface area contributed by atoms with Gasteiger partial charge in [-0.15, -0.1) is 0 Å². The van der Waals surface area contributed by atoms with E-state index in [4.69, 9.17) is 11.5 Å². The number of rotatable bonds is 11. The van der Waals surface area contributed by atoms with E-state index in [2.05, 4.69) is 38.0 Å². The van der Waals surface area contributed by atoms with Crippen molar-refractivity contribution in [2.75, 3.05) is 58.3 Å². The summed E-state index contributed by atoms with van der Waals surface area (Å²) in [6.45, 7) is 9.96. The van der Waals surface area contributed by atoms with Crippen molar-refractivity contribution in [2.45, 2.75) is 90.8 Å². The van der Waals surface area contributed by atoms with E-state index >= 15 is 0 Å². The first-order valence-corrected chi connectivity index (χ1v) is 17.8. The molecule has 5 N–H and O–H groups in total. The molecule has 3 rings (SSSR count). The Morgan fingerprint density at radius 2 is 1.93 bits per heavy atom. The van der Waals surface area contributed by atoms with Crippen molar-refractivity contribution in [1.29, 1.82) is 0 Å². The second-order valence-electron chi connectivity index (χ2n) is 13.3. The monoisotopic (exact) mass is 612 g/mol. The van der Waals surface area contributed by atoms with Gasteiger partial charge in [0.2, 0.25) is 5.91 Å². The largest absolute Gasteiger partial charge is 0.371 e. The van der Waals surface area contributed by atoms with E-state index in [-0.39, 0.29) is 34.7 Å². The molecule has 0 aromatic rings. The van der Waals surface area contributed by atoms with E-state index in [9.17, 15) is 17.6 Å². The molecule has 4 atom stereocenters. The molecule has 4 unspecified atom stereocenters. The van der Waals surface area contributed by atoms with Crippen LogP contribution in [-0.4, -0.2) is 105 Å². The second kappa shape index (κ2) is 14.8. The highest BCUT2D eigenvalue weighted by atomic mass is 32.2. The Morgan fingerprint density at radius 3 is 2.52 bits per heavy atom. The number of carbonyl (C=O) groups is 1. The number of sulfone groups is 1. The Kier molecular flexibility index (Phi) is 12.2. The van der Waals surface area contributed by atoms with Gasteiger partial charge in [0.25, 0.3) is 0 Å². The number of amides is 1. The highest BCUT2D eigenvalue weighted by molar-refractivity contribution is 7.91. The minimum atomic E-state index is -3.04. The predicted octanol–water partition coefficient (Wildman–Crippen LogP) is 2.87. The van der Waals surface area contributed by atoms with Crippen LogP contribution in [0.2, 0.25) is 0 Å². The summed E-state index contributed by atoms with van der Waals surface area (Å²) in [4.78, 5) is 16.4. The van der Waals surface area contributed by atoms with Crippen LogP contribution in [0.1, 0.15) is 78.6 Å². The average Bonchev–Trinajstić information content (AvgIpc) is 2.97. The van der Waals surface area contributed by atoms with Crippen LogP contribution in [0.25, 0.3) is 0 Å². The molecule has 0 spiro atoms. The molecule has 0 aromatic carbocycles. The van der Waals surface area contributed by atoms with Crippen molar-refractivity contribution >= 4 is 22.0 Å². The molecule has 11 heteroatoms. The van der Waals surface area contributed by atoms with Gasteiger partial charge < -0.3 is 26.2 Å². The third-order valence-electron chi connectivity index (χ3n) is 10.00. The fourth-order valence-corrected chi connectivity index (χ4v) is 8.48. The number of nitrogens with zero attached hydrogens (tertiary/aromatic N) is 3. The molecule has 0 radical (unpaired) electrons. The van der Waals surface area contributed by atoms with Gasteiger partial charge in [-0.05, 0) is 37.2 Å². The number of likely N-dealkylation sites (N-methyl/N-ethyl adjacent to an activating group) is 1. The molecule has 0 saturated carbocycles. The molecule has 0 aliphatic carbocycles. The standard InChI is InChI=1S/C31H56FN6O3S/c1-6-9-17-38(5)18-12-26(37-15-19-42(40,41)20-16-37)25(23-38)35-30(39)28(29(33)34)27-21-31(8-3,13-7-2)14-10-11-24(32)22-36(27)4/h11,22,27-29H,6-10,12-21,23,33-34H2,1-5H3/q+1/p+1. The Bertz CT molecular complexity index is 1140. The minimum absolute atomic E-state index is 0.0553. The molecule has 0 aromatic heterocycles. The van der Waals surface area contributed by atoms with E-state index in [0.717, 1.165) is 73.9 Å². The van der Waals surface area contributed by atoms with Gasteiger partial charge >= 0.3 is 0 Å². The summed E-state index contributed by atoms with van der Waals surface area (Å²) in [7, 11) is 1.00. The topological polar surface area (TPSA) is 122 Å². The summed E-state index contributed by atoms with van der Waals surface area (Å²) >= 11 is 0. The molecule has 3 aliphatic rings. The average molecular weight is 613 g/mol. The lowest BCUT2D eigenvalue weighted by molar-refractivity contribution is -0.907. The third kappa shape index (κ3) is 8.86. The number of hydrogen-bond acceptors (Lipinski definition) is 6. The Hall–Kier alpha value is -1.82. The van der Waals surface area contributed by atoms with Crippen molar-refractivity contribution in [1.82, 2.24) is 10.2 Å². The van der Waals surface area contributed by atoms with Crippen molar-refractivity contribution < 1.29 is 26.7 Å². The third-order valence-corrected chi connectivity index (χ3v) is 11.6. The van der Waals surface area contributed by atoms with Crippen LogP contribution in [-0.2, 0) is 14.6 Å². The van der Waals surface area contributed by atoms with Crippen molar-refractivity contribution in [3.8, 4) is 0 Å². The fourth-order valence-electron chi connectivity index (χ4n) is 7.28. The van der Waals surface area contributed by atoms with Crippen LogP contribution < -0.4 is 16.8 Å². The SMILES string of the molecule is CCCC[N+]1(C)CCC(N2CCS(=O)(=O)CC2)=C(NC(=O)C(C(N)N)C2CC(CC)(CCC)CCC=C(F)C=[N+]2C)C1. The first-order chi connectivity index (χ1) is 19.8. The van der Waals surface area contributed by atoms with Gasteiger partial charge in [0.1, 0.15) is 19.5 Å². The molecular weight excluding hydrogens is 555 g/mol. The van der Waals surface area contributed by atoms with Crippen molar-refractivity contribution in [3.63, 3.8) is 0 Å². The van der Waals surface area contributed by atoms with Gasteiger partial charge in [-0.2, -0.15) is 0 Å². The molecule has 3 heterocycles. The van der Waals surface area contributed by atoms with Crippen LogP contribution in [0, 0.1) is 11.3 Å². The lowest BCUT2D eigenvalue weighted by Gasteiger charge is -2.43. The molecule has 240 valence electrons. The van der Waals surface area contributed by atoms with E-state index < -0.39 is 21.9 Å². The van der Waals surface area contributed by atoms with Crippen molar-refractivity contribution in [2.24, 2.45) is 22.8 Å². The summed E-state index contributed by atoms with van der Waals surface area (Å²) in [5.41, 5.74) is 14.6. The Labute approximate surface area is 253 Å². The van der Waals surface area contributed by atoms with Gasteiger partial charge in [-0.3, -0.25) is 4.79 Å². The number of halogens is 1. The molecule has 1 saturated heterocycles. The lowest BCUT2D eigenvalue weighted by atomic mass is 9.70. The second-order valence-corrected chi connectivity index (χ2v) is 15.6. The van der Waals surface area contributed by atoms with Crippen LogP contribution in [0.3, 0.4) is 0 Å². The van der Waals surface area contributed by atoms with E-state index in [0.29, 0.717) is 32.5 Å². The van der Waals surface area contributed by atoms with Gasteiger partial charge in [-0.25, -0.2) is 17.4 Å². The van der Waals surface area contributed by atoms with Crippen LogP contribution in [0.4, 0.5) is 4.39 Å². The molecular formula is C31H57FN6O3S+2. The van der Waals surface area contributed by atoms with Crippen LogP contribution in [0.15, 0.2) is 23.3 Å². The van der Waals surface area contributed by atoms with Crippen LogP contribution in [0.5, 0.6) is 0 Å². The summed E-state index contributed by atoms with van der Waals surface area (Å²) < 4.78 is 41.8. The maximum Gasteiger partial charge on any atom is 0.237 e. The van der Waals surface area contributed by atoms with E-state index in [1.54, 1.807) is 10.7 Å². The normalized spacial score (nSPS) is 29.7. The maximum atomic E-state index is 14.9. The zero-order valence-electron chi connectivity index (χ0n) is 26.7. The quantitative estimate of drug-likeness (QED) is 0.188. The number of hydrogen-bond donors (Lipinski definition) is 3. The smallest absolute Gasteiger partial charge is 0.237 e. The number of nitrogens with two attached hydrogens (primary N) is 2. The highest BCUT2D eigenvalue weighted by Crippen LogP contribution is 2.41. The molecule has 3 aliphatic heterocycles. The minimum Gasteiger partial charge on any atom is -0.371 e. The van der Waals surface area contributed by atoms with E-state index in [1.807, 2.05) is 7.05 Å². The Balaban J connectivity index is 2.00. The van der Waals surface area contributed by atoms with E-state index in [1.165, 1.54) is 6.21 Å². The zero-order chi connectivity index (χ0) is 31.1. The van der Waals surface area contributed by atoms with Crippen molar-refractivity contribution in [3.05, 3.63) is 23.3 Å². The molecule has 42 heavy (non-hydrogen) atoms. The van der Waals surface area contributed by atoms with Gasteiger partial charge in [-0.1, -0.05) is 40.0 Å². The number of quaternary nitrogens is 1. The van der Waals surface area contributed by atoms with Gasteiger partial charge in [0.15, 0.2) is 27.9 Å². The summed E-state index contributed by atoms with van der Waals surface area (Å²) in [5, 5.41) is 3.28. The molecule has 9 nitrogen and oxygen atoms in total. The number of unbranched alkanes of at least 4 members (excludes halogenated alkanes) is 1.